The number of methoxy groups -OCH3 is 1. The summed E-state index contributed by atoms with van der Waals surface area (Å²) in [5, 5.41) is 0. The van der Waals surface area contributed by atoms with E-state index < -0.39 is 11.4 Å². The van der Waals surface area contributed by atoms with Crippen molar-refractivity contribution in [2.24, 2.45) is 5.73 Å². The summed E-state index contributed by atoms with van der Waals surface area (Å²) < 4.78 is 18.5. The molecule has 2 rings (SSSR count). The van der Waals surface area contributed by atoms with E-state index in [0.717, 1.165) is 5.56 Å². The Bertz CT molecular complexity index is 638. The standard InChI is InChI=1S/C17H18FNO2/c1-17(19,13-6-4-3-5-7-13)16(20)11-12-8-9-15(21-2)14(18)10-12/h3-10H,11,19H2,1-2H3. The number of carbonyl (C=O) groups is 1. The molecule has 2 N–H and O–H groups in total. The number of ether oxygens (including phenoxy) is 1. The second-order valence-corrected chi connectivity index (χ2v) is 5.14. The summed E-state index contributed by atoms with van der Waals surface area (Å²) in [6.07, 6.45) is 0.0722. The predicted octanol–water partition coefficient (Wildman–Crippen LogP) is 2.82. The first-order chi connectivity index (χ1) is 9.95. The Morgan fingerprint density at radius 1 is 1.24 bits per heavy atom. The fraction of sp³-hybridized carbons (Fsp3) is 0.235. The number of nitrogens with two attached hydrogens (primary N) is 1. The van der Waals surface area contributed by atoms with Crippen LogP contribution >= 0.6 is 0 Å². The normalized spacial score (nSPS) is 13.5. The highest BCUT2D eigenvalue weighted by molar-refractivity contribution is 5.90. The van der Waals surface area contributed by atoms with Gasteiger partial charge in [0.2, 0.25) is 0 Å². The molecule has 0 spiro atoms. The molecular weight excluding hydrogens is 269 g/mol. The molecule has 4 heteroatoms. The molecule has 0 aromatic heterocycles. The monoisotopic (exact) mass is 287 g/mol. The summed E-state index contributed by atoms with van der Waals surface area (Å²) in [5.74, 6) is -0.496. The van der Waals surface area contributed by atoms with Gasteiger partial charge in [-0.05, 0) is 30.2 Å². The van der Waals surface area contributed by atoms with Crippen molar-refractivity contribution in [1.29, 1.82) is 0 Å². The van der Waals surface area contributed by atoms with Crippen molar-refractivity contribution in [2.75, 3.05) is 7.11 Å². The number of carbonyl (C=O) groups excluding carboxylic acids is 1. The first kappa shape index (κ1) is 15.2. The van der Waals surface area contributed by atoms with Crippen molar-refractivity contribution in [3.63, 3.8) is 0 Å². The second kappa shape index (κ2) is 6.06. The highest BCUT2D eigenvalue weighted by Crippen LogP contribution is 2.23. The summed E-state index contributed by atoms with van der Waals surface area (Å²) >= 11 is 0. The zero-order chi connectivity index (χ0) is 15.5. The van der Waals surface area contributed by atoms with Gasteiger partial charge in [0.1, 0.15) is 0 Å². The quantitative estimate of drug-likeness (QED) is 0.920. The fourth-order valence-corrected chi connectivity index (χ4v) is 2.13. The van der Waals surface area contributed by atoms with E-state index in [9.17, 15) is 9.18 Å². The third-order valence-corrected chi connectivity index (χ3v) is 3.53. The van der Waals surface area contributed by atoms with Crippen LogP contribution in [0.2, 0.25) is 0 Å². The van der Waals surface area contributed by atoms with E-state index in [1.54, 1.807) is 13.0 Å². The molecule has 0 bridgehead atoms. The molecule has 0 aliphatic carbocycles. The maximum atomic E-state index is 13.7. The molecule has 3 nitrogen and oxygen atoms in total. The van der Waals surface area contributed by atoms with Crippen LogP contribution in [-0.2, 0) is 16.8 Å². The lowest BCUT2D eigenvalue weighted by Gasteiger charge is -2.23. The minimum Gasteiger partial charge on any atom is -0.494 e. The highest BCUT2D eigenvalue weighted by Gasteiger charge is 2.30. The summed E-state index contributed by atoms with van der Waals surface area (Å²) in [4.78, 5) is 12.4. The largest absolute Gasteiger partial charge is 0.494 e. The van der Waals surface area contributed by atoms with Gasteiger partial charge in [0, 0.05) is 6.42 Å². The Hall–Kier alpha value is -2.20. The molecule has 2 aromatic carbocycles. The average molecular weight is 287 g/mol. The first-order valence-corrected chi connectivity index (χ1v) is 6.65. The maximum Gasteiger partial charge on any atom is 0.165 e. The van der Waals surface area contributed by atoms with Gasteiger partial charge in [0.25, 0.3) is 0 Å². The smallest absolute Gasteiger partial charge is 0.165 e. The van der Waals surface area contributed by atoms with Gasteiger partial charge in [-0.3, -0.25) is 4.79 Å². The van der Waals surface area contributed by atoms with E-state index in [0.29, 0.717) is 5.56 Å². The first-order valence-electron chi connectivity index (χ1n) is 6.65. The average Bonchev–Trinajstić information content (AvgIpc) is 2.48. The van der Waals surface area contributed by atoms with Gasteiger partial charge in [0.05, 0.1) is 12.6 Å². The number of ketones is 1. The van der Waals surface area contributed by atoms with E-state index in [4.69, 9.17) is 10.5 Å². The van der Waals surface area contributed by atoms with E-state index >= 15 is 0 Å². The van der Waals surface area contributed by atoms with Gasteiger partial charge in [-0.15, -0.1) is 0 Å². The highest BCUT2D eigenvalue weighted by atomic mass is 19.1. The number of benzene rings is 2. The Morgan fingerprint density at radius 2 is 1.90 bits per heavy atom. The SMILES string of the molecule is COc1ccc(CC(=O)C(C)(N)c2ccccc2)cc1F. The van der Waals surface area contributed by atoms with Crippen LogP contribution in [0, 0.1) is 5.82 Å². The predicted molar refractivity (Wildman–Crippen MR) is 79.6 cm³/mol. The van der Waals surface area contributed by atoms with Crippen LogP contribution in [0.25, 0.3) is 0 Å². The molecule has 0 saturated heterocycles. The molecule has 21 heavy (non-hydrogen) atoms. The number of Topliss-reactive ketones (excluding diaryl/α,β-unsaturated/α-hetero) is 1. The third-order valence-electron chi connectivity index (χ3n) is 3.53. The molecule has 1 atom stereocenters. The Kier molecular flexibility index (Phi) is 4.38. The lowest BCUT2D eigenvalue weighted by Crippen LogP contribution is -2.42. The minimum absolute atomic E-state index is 0.0722. The fourth-order valence-electron chi connectivity index (χ4n) is 2.13. The number of hydrogen-bond acceptors (Lipinski definition) is 3. The van der Waals surface area contributed by atoms with Gasteiger partial charge in [-0.2, -0.15) is 0 Å². The van der Waals surface area contributed by atoms with Crippen molar-refractivity contribution in [1.82, 2.24) is 0 Å². The van der Waals surface area contributed by atoms with Crippen LogP contribution in [0.3, 0.4) is 0 Å². The molecule has 0 aliphatic heterocycles. The minimum atomic E-state index is -1.10. The second-order valence-electron chi connectivity index (χ2n) is 5.14. The number of rotatable bonds is 5. The molecule has 0 saturated carbocycles. The Morgan fingerprint density at radius 3 is 2.48 bits per heavy atom. The van der Waals surface area contributed by atoms with Crippen LogP contribution in [0.15, 0.2) is 48.5 Å². The molecule has 2 aromatic rings. The van der Waals surface area contributed by atoms with E-state index in [2.05, 4.69) is 0 Å². The third kappa shape index (κ3) is 3.28. The number of hydrogen-bond donors (Lipinski definition) is 1. The lowest BCUT2D eigenvalue weighted by molar-refractivity contribution is -0.123. The molecule has 0 radical (unpaired) electrons. The lowest BCUT2D eigenvalue weighted by atomic mass is 9.86. The van der Waals surface area contributed by atoms with Crippen molar-refractivity contribution in [3.05, 3.63) is 65.5 Å². The zero-order valence-corrected chi connectivity index (χ0v) is 12.1. The topological polar surface area (TPSA) is 52.3 Å². The van der Waals surface area contributed by atoms with Crippen molar-refractivity contribution < 1.29 is 13.9 Å². The zero-order valence-electron chi connectivity index (χ0n) is 12.1. The van der Waals surface area contributed by atoms with Gasteiger partial charge < -0.3 is 10.5 Å². The van der Waals surface area contributed by atoms with Gasteiger partial charge >= 0.3 is 0 Å². The Balaban J connectivity index is 2.19. The van der Waals surface area contributed by atoms with E-state index in [1.807, 2.05) is 30.3 Å². The van der Waals surface area contributed by atoms with Gasteiger partial charge in [0.15, 0.2) is 17.3 Å². The number of halogens is 1. The molecule has 0 fully saturated rings. The molecule has 0 aliphatic rings. The van der Waals surface area contributed by atoms with E-state index in [-0.39, 0.29) is 18.0 Å². The van der Waals surface area contributed by atoms with Crippen LogP contribution in [-0.4, -0.2) is 12.9 Å². The Labute approximate surface area is 123 Å². The molecule has 110 valence electrons. The molecular formula is C17H18FNO2. The van der Waals surface area contributed by atoms with E-state index in [1.165, 1.54) is 19.2 Å². The van der Waals surface area contributed by atoms with Gasteiger partial charge in [-0.25, -0.2) is 4.39 Å². The summed E-state index contributed by atoms with van der Waals surface area (Å²) in [7, 11) is 1.40. The molecule has 0 amide bonds. The summed E-state index contributed by atoms with van der Waals surface area (Å²) in [6.45, 7) is 1.67. The van der Waals surface area contributed by atoms with Crippen LogP contribution in [0.1, 0.15) is 18.1 Å². The van der Waals surface area contributed by atoms with Crippen LogP contribution in [0.5, 0.6) is 5.75 Å². The summed E-state index contributed by atoms with van der Waals surface area (Å²) in [5.41, 5.74) is 6.37. The van der Waals surface area contributed by atoms with Crippen molar-refractivity contribution >= 4 is 5.78 Å². The molecule has 1 unspecified atom stereocenters. The van der Waals surface area contributed by atoms with Crippen molar-refractivity contribution in [3.8, 4) is 5.75 Å². The van der Waals surface area contributed by atoms with Gasteiger partial charge in [-0.1, -0.05) is 36.4 Å². The van der Waals surface area contributed by atoms with Crippen molar-refractivity contribution in [2.45, 2.75) is 18.9 Å². The summed E-state index contributed by atoms with van der Waals surface area (Å²) in [6, 6.07) is 13.6. The molecule has 0 heterocycles. The maximum absolute atomic E-state index is 13.7. The van der Waals surface area contributed by atoms with Crippen LogP contribution < -0.4 is 10.5 Å². The van der Waals surface area contributed by atoms with Crippen LogP contribution in [0.4, 0.5) is 4.39 Å².